The highest BCUT2D eigenvalue weighted by Gasteiger charge is 2.50. The fourth-order valence-electron chi connectivity index (χ4n) is 3.58. The van der Waals surface area contributed by atoms with Crippen molar-refractivity contribution >= 4 is 81.3 Å². The Balaban J connectivity index is 1.46. The summed E-state index contributed by atoms with van der Waals surface area (Å²) in [5.41, 5.74) is 10.8. The number of aliphatic hydroxyl groups excluding tert-OH is 1. The highest BCUT2D eigenvalue weighted by molar-refractivity contribution is 9.12. The number of hydrogen-bond acceptors (Lipinski definition) is 7. The molecule has 2 unspecified atom stereocenters. The van der Waals surface area contributed by atoms with Crippen molar-refractivity contribution in [3.05, 3.63) is 47.4 Å². The van der Waals surface area contributed by atoms with Crippen LogP contribution in [0.25, 0.3) is 0 Å². The van der Waals surface area contributed by atoms with Gasteiger partial charge in [0, 0.05) is 19.5 Å². The van der Waals surface area contributed by atoms with Crippen molar-refractivity contribution in [3.63, 3.8) is 0 Å². The number of allylic oxidation sites excluding steroid dienone is 1. The molecule has 6 N–H and O–H groups in total. The largest absolute Gasteiger partial charge is 0.495 e. The van der Waals surface area contributed by atoms with Gasteiger partial charge in [-0.3, -0.25) is 9.79 Å². The number of nitrogens with one attached hydrogen (secondary N) is 1. The van der Waals surface area contributed by atoms with Crippen LogP contribution in [-0.4, -0.2) is 61.2 Å². The lowest BCUT2D eigenvalue weighted by Crippen LogP contribution is -2.45. The molecule has 0 aromatic heterocycles. The molecule has 1 spiro atoms. The van der Waals surface area contributed by atoms with E-state index in [9.17, 15) is 9.90 Å². The first kappa shape index (κ1) is 29.0. The second-order valence-electron chi connectivity index (χ2n) is 7.94. The summed E-state index contributed by atoms with van der Waals surface area (Å²) in [6, 6.07) is 3.90. The molecule has 1 amide bonds. The van der Waals surface area contributed by atoms with Crippen LogP contribution in [0, 0.1) is 0 Å². The van der Waals surface area contributed by atoms with Crippen molar-refractivity contribution in [2.24, 2.45) is 21.6 Å². The molecule has 1 aromatic carbocycles. The summed E-state index contributed by atoms with van der Waals surface area (Å²) in [7, 11) is 1.49. The Kier molecular flexibility index (Phi) is 10.3. The highest BCUT2D eigenvalue weighted by Crippen LogP contribution is 2.44. The first-order chi connectivity index (χ1) is 17.1. The molecular formula is C22H25Br4N5O5. The van der Waals surface area contributed by atoms with Gasteiger partial charge in [0.2, 0.25) is 0 Å². The van der Waals surface area contributed by atoms with Gasteiger partial charge in [-0.25, -0.2) is 0 Å². The first-order valence-corrected chi connectivity index (χ1v) is 13.9. The number of ether oxygens (including phenoxy) is 2. The number of guanidine groups is 1. The quantitative estimate of drug-likeness (QED) is 0.162. The zero-order valence-corrected chi connectivity index (χ0v) is 25.5. The van der Waals surface area contributed by atoms with Gasteiger partial charge < -0.3 is 36.2 Å². The monoisotopic (exact) mass is 755 g/mol. The van der Waals surface area contributed by atoms with E-state index >= 15 is 0 Å². The summed E-state index contributed by atoms with van der Waals surface area (Å²) in [5.74, 6) is 0.817. The SMILES string of the molecule is COC1=C(Br)C(O)C2(C=C1Br)CC(C(=O)NCCCOc1c(Br)cc(CCN=C(N)N)cc1Br)=NO2. The fourth-order valence-corrected chi connectivity index (χ4v) is 6.88. The van der Waals surface area contributed by atoms with Crippen LogP contribution in [0.15, 0.2) is 52.0 Å². The minimum Gasteiger partial charge on any atom is -0.495 e. The molecule has 14 heteroatoms. The van der Waals surface area contributed by atoms with E-state index in [2.05, 4.69) is 79.2 Å². The Bertz CT molecular complexity index is 1110. The van der Waals surface area contributed by atoms with Crippen molar-refractivity contribution in [2.75, 3.05) is 26.8 Å². The van der Waals surface area contributed by atoms with Gasteiger partial charge in [0.1, 0.15) is 23.3 Å². The number of rotatable bonds is 10. The number of nitrogens with zero attached hydrogens (tertiary/aromatic N) is 2. The van der Waals surface area contributed by atoms with Crippen LogP contribution in [0.1, 0.15) is 18.4 Å². The van der Waals surface area contributed by atoms with Gasteiger partial charge in [0.25, 0.3) is 5.91 Å². The maximum atomic E-state index is 12.6. The number of hydrogen-bond donors (Lipinski definition) is 4. The van der Waals surface area contributed by atoms with Crippen molar-refractivity contribution < 1.29 is 24.2 Å². The van der Waals surface area contributed by atoms with Crippen LogP contribution in [0.2, 0.25) is 0 Å². The zero-order chi connectivity index (χ0) is 26.5. The summed E-state index contributed by atoms with van der Waals surface area (Å²) < 4.78 is 13.8. The number of nitrogens with two attached hydrogens (primary N) is 2. The van der Waals surface area contributed by atoms with Crippen molar-refractivity contribution in [3.8, 4) is 5.75 Å². The summed E-state index contributed by atoms with van der Waals surface area (Å²) in [4.78, 5) is 22.1. The molecule has 1 aromatic rings. The van der Waals surface area contributed by atoms with E-state index in [1.807, 2.05) is 12.1 Å². The number of aliphatic hydroxyl groups is 1. The lowest BCUT2D eigenvalue weighted by molar-refractivity contribution is -0.114. The molecule has 0 saturated heterocycles. The van der Waals surface area contributed by atoms with Gasteiger partial charge in [-0.15, -0.1) is 0 Å². The Morgan fingerprint density at radius 1 is 1.31 bits per heavy atom. The molecule has 0 saturated carbocycles. The maximum absolute atomic E-state index is 12.6. The molecule has 0 bridgehead atoms. The normalized spacial score (nSPS) is 21.0. The summed E-state index contributed by atoms with van der Waals surface area (Å²) >= 11 is 13.8. The zero-order valence-electron chi connectivity index (χ0n) is 19.2. The van der Waals surface area contributed by atoms with Crippen LogP contribution in [0.5, 0.6) is 5.75 Å². The maximum Gasteiger partial charge on any atom is 0.269 e. The number of carbonyl (C=O) groups is 1. The molecule has 196 valence electrons. The van der Waals surface area contributed by atoms with E-state index in [0.29, 0.717) is 53.0 Å². The van der Waals surface area contributed by atoms with Gasteiger partial charge in [0.15, 0.2) is 11.6 Å². The molecule has 3 rings (SSSR count). The van der Waals surface area contributed by atoms with E-state index in [1.54, 1.807) is 6.08 Å². The number of aliphatic imine (C=N–C) groups is 1. The second-order valence-corrected chi connectivity index (χ2v) is 11.4. The third-order valence-electron chi connectivity index (χ3n) is 5.35. The average Bonchev–Trinajstić information content (AvgIpc) is 3.24. The van der Waals surface area contributed by atoms with E-state index in [4.69, 9.17) is 25.8 Å². The lowest BCUT2D eigenvalue weighted by atomic mass is 9.87. The molecule has 2 atom stereocenters. The minimum atomic E-state index is -1.19. The lowest BCUT2D eigenvalue weighted by Gasteiger charge is -2.33. The number of carbonyl (C=O) groups excluding carboxylic acids is 1. The van der Waals surface area contributed by atoms with Crippen LogP contribution < -0.4 is 21.5 Å². The topological polar surface area (TPSA) is 154 Å². The fraction of sp³-hybridized carbons (Fsp3) is 0.409. The third kappa shape index (κ3) is 6.82. The minimum absolute atomic E-state index is 0.0644. The number of oxime groups is 1. The predicted molar refractivity (Wildman–Crippen MR) is 151 cm³/mol. The van der Waals surface area contributed by atoms with Gasteiger partial charge in [0.05, 0.1) is 31.6 Å². The van der Waals surface area contributed by atoms with Gasteiger partial charge >= 0.3 is 0 Å². The van der Waals surface area contributed by atoms with Crippen molar-refractivity contribution in [1.82, 2.24) is 5.32 Å². The highest BCUT2D eigenvalue weighted by atomic mass is 79.9. The number of benzene rings is 1. The summed E-state index contributed by atoms with van der Waals surface area (Å²) in [5, 5.41) is 17.4. The van der Waals surface area contributed by atoms with Gasteiger partial charge in [-0.1, -0.05) is 5.16 Å². The number of halogens is 4. The molecular weight excluding hydrogens is 734 g/mol. The molecule has 2 aliphatic rings. The van der Waals surface area contributed by atoms with E-state index in [1.165, 1.54) is 7.11 Å². The molecule has 1 aliphatic carbocycles. The first-order valence-electron chi connectivity index (χ1n) is 10.8. The molecule has 0 fully saturated rings. The standard InChI is InChI=1S/C22H25Br4N5O5/c1-34-18-14(25)9-22(19(32)16(18)26)10-15(31-36-22)20(33)29-4-2-6-35-17-12(23)7-11(8-13(17)24)3-5-30-21(27)28/h7-9,19,32H,2-6,10H2,1H3,(H,29,33)(H4,27,28,30). The molecule has 0 radical (unpaired) electrons. The molecule has 1 heterocycles. The second kappa shape index (κ2) is 12.8. The third-order valence-corrected chi connectivity index (χ3v) is 7.91. The van der Waals surface area contributed by atoms with E-state index in [0.717, 1.165) is 14.5 Å². The Labute approximate surface area is 242 Å². The molecule has 10 nitrogen and oxygen atoms in total. The predicted octanol–water partition coefficient (Wildman–Crippen LogP) is 3.33. The smallest absolute Gasteiger partial charge is 0.269 e. The summed E-state index contributed by atoms with van der Waals surface area (Å²) in [6.45, 7) is 1.24. The van der Waals surface area contributed by atoms with E-state index in [-0.39, 0.29) is 24.0 Å². The van der Waals surface area contributed by atoms with Crippen molar-refractivity contribution in [2.45, 2.75) is 31.0 Å². The van der Waals surface area contributed by atoms with Gasteiger partial charge in [-0.05, 0) is 100 Å². The number of methoxy groups -OCH3 is 1. The van der Waals surface area contributed by atoms with Crippen LogP contribution in [-0.2, 0) is 20.8 Å². The van der Waals surface area contributed by atoms with Crippen LogP contribution >= 0.6 is 63.7 Å². The Morgan fingerprint density at radius 2 is 2.00 bits per heavy atom. The molecule has 1 aliphatic heterocycles. The van der Waals surface area contributed by atoms with Crippen LogP contribution in [0.4, 0.5) is 0 Å². The van der Waals surface area contributed by atoms with Crippen LogP contribution in [0.3, 0.4) is 0 Å². The average molecular weight is 759 g/mol. The van der Waals surface area contributed by atoms with Crippen molar-refractivity contribution in [1.29, 1.82) is 0 Å². The molecule has 36 heavy (non-hydrogen) atoms. The Morgan fingerprint density at radius 3 is 2.64 bits per heavy atom. The van der Waals surface area contributed by atoms with Gasteiger partial charge in [-0.2, -0.15) is 0 Å². The Hall–Kier alpha value is -1.61. The number of amides is 1. The van der Waals surface area contributed by atoms with E-state index < -0.39 is 11.7 Å². The summed E-state index contributed by atoms with van der Waals surface area (Å²) in [6.07, 6.45) is 1.93.